The number of benzene rings is 1. The van der Waals surface area contributed by atoms with Crippen molar-refractivity contribution >= 4 is 36.6 Å². The van der Waals surface area contributed by atoms with E-state index in [4.69, 9.17) is 37.0 Å². The molecule has 0 spiro atoms. The molecule has 1 aliphatic heterocycles. The van der Waals surface area contributed by atoms with Crippen LogP contribution < -0.4 is 0 Å². The molecular weight excluding hydrogens is 350 g/mol. The molecule has 0 aromatic heterocycles. The number of halogens is 2. The van der Waals surface area contributed by atoms with Gasteiger partial charge < -0.3 is 13.8 Å². The van der Waals surface area contributed by atoms with E-state index in [-0.39, 0.29) is 25.4 Å². The van der Waals surface area contributed by atoms with Gasteiger partial charge in [0, 0.05) is 16.5 Å². The van der Waals surface area contributed by atoms with E-state index in [0.717, 1.165) is 0 Å². The number of ether oxygens (including phenoxy) is 1. The van der Waals surface area contributed by atoms with E-state index in [1.165, 1.54) is 0 Å². The van der Waals surface area contributed by atoms with E-state index >= 15 is 0 Å². The molecule has 2 rings (SSSR count). The lowest BCUT2D eigenvalue weighted by molar-refractivity contribution is -0.120. The lowest BCUT2D eigenvalue weighted by Gasteiger charge is -2.22. The first-order chi connectivity index (χ1) is 10.4. The van der Waals surface area contributed by atoms with Gasteiger partial charge in [-0.15, -0.1) is 0 Å². The van der Waals surface area contributed by atoms with Gasteiger partial charge in [0.15, 0.2) is 5.78 Å². The second-order valence-electron chi connectivity index (χ2n) is 4.69. The largest absolute Gasteiger partial charge is 0.366 e. The van der Waals surface area contributed by atoms with Crippen molar-refractivity contribution in [1.29, 1.82) is 0 Å². The average Bonchev–Trinajstić information content (AvgIpc) is 2.82. The van der Waals surface area contributed by atoms with Crippen LogP contribution in [0.3, 0.4) is 0 Å². The number of Topliss-reactive ketones (excluding diaryl/α,β-unsaturated/α-hetero) is 1. The topological polar surface area (TPSA) is 61.8 Å². The van der Waals surface area contributed by atoms with E-state index in [2.05, 4.69) is 0 Å². The van der Waals surface area contributed by atoms with Crippen molar-refractivity contribution in [3.63, 3.8) is 0 Å². The van der Waals surface area contributed by atoms with Crippen molar-refractivity contribution in [2.45, 2.75) is 32.2 Å². The Labute approximate surface area is 139 Å². The minimum Gasteiger partial charge on any atom is -0.350 e. The predicted octanol–water partition coefficient (Wildman–Crippen LogP) is 4.62. The van der Waals surface area contributed by atoms with E-state index in [9.17, 15) is 9.36 Å². The van der Waals surface area contributed by atoms with Crippen molar-refractivity contribution in [3.05, 3.63) is 33.8 Å². The molecule has 1 aromatic rings. The normalized spacial score (nSPS) is 22.3. The zero-order valence-electron chi connectivity index (χ0n) is 12.3. The summed E-state index contributed by atoms with van der Waals surface area (Å²) in [6, 6.07) is 4.93. The Morgan fingerprint density at radius 2 is 1.91 bits per heavy atom. The van der Waals surface area contributed by atoms with Gasteiger partial charge in [0.1, 0.15) is 0 Å². The maximum atomic E-state index is 12.7. The van der Waals surface area contributed by atoms with Crippen LogP contribution >= 0.6 is 30.8 Å². The Kier molecular flexibility index (Phi) is 6.06. The Bertz CT molecular complexity index is 597. The highest BCUT2D eigenvalue weighted by Gasteiger charge is 2.49. The van der Waals surface area contributed by atoms with Gasteiger partial charge >= 0.3 is 7.60 Å². The third kappa shape index (κ3) is 3.73. The van der Waals surface area contributed by atoms with Gasteiger partial charge in [0.2, 0.25) is 5.85 Å². The fourth-order valence-electron chi connectivity index (χ4n) is 2.29. The third-order valence-electron chi connectivity index (χ3n) is 3.17. The maximum absolute atomic E-state index is 12.7. The monoisotopic (exact) mass is 366 g/mol. The quantitative estimate of drug-likeness (QED) is 0.687. The Morgan fingerprint density at radius 3 is 2.45 bits per heavy atom. The van der Waals surface area contributed by atoms with Gasteiger partial charge in [-0.25, -0.2) is 0 Å². The molecule has 0 saturated carbocycles. The van der Waals surface area contributed by atoms with Crippen molar-refractivity contribution in [1.82, 2.24) is 0 Å². The highest BCUT2D eigenvalue weighted by molar-refractivity contribution is 7.55. The van der Waals surface area contributed by atoms with Crippen LogP contribution in [0.4, 0.5) is 0 Å². The molecule has 122 valence electrons. The number of rotatable bonds is 6. The highest BCUT2D eigenvalue weighted by atomic mass is 35.5. The standard InChI is InChI=1S/C14H17Cl2O5P/c1-3-19-22(18,20-4-2)14-12(17)8-13(21-14)10-6-5-9(15)7-11(10)16/h5-7,13-14H,3-4,8H2,1-2H3. The van der Waals surface area contributed by atoms with Crippen molar-refractivity contribution < 1.29 is 23.1 Å². The molecule has 1 aliphatic rings. The third-order valence-corrected chi connectivity index (χ3v) is 5.95. The molecule has 0 bridgehead atoms. The second-order valence-corrected chi connectivity index (χ2v) is 7.60. The average molecular weight is 367 g/mol. The molecule has 1 fully saturated rings. The van der Waals surface area contributed by atoms with Gasteiger partial charge in [-0.1, -0.05) is 29.3 Å². The summed E-state index contributed by atoms with van der Waals surface area (Å²) in [5.74, 6) is -1.54. The Balaban J connectivity index is 2.24. The first-order valence-electron chi connectivity index (χ1n) is 6.93. The summed E-state index contributed by atoms with van der Waals surface area (Å²) < 4.78 is 28.7. The SMILES string of the molecule is CCOP(=O)(OCC)C1OC(c2ccc(Cl)cc2Cl)CC1=O. The van der Waals surface area contributed by atoms with Gasteiger partial charge in [-0.05, 0) is 31.5 Å². The predicted molar refractivity (Wildman–Crippen MR) is 84.6 cm³/mol. The summed E-state index contributed by atoms with van der Waals surface area (Å²) in [4.78, 5) is 12.2. The van der Waals surface area contributed by atoms with Crippen LogP contribution in [0, 0.1) is 0 Å². The fraction of sp³-hybridized carbons (Fsp3) is 0.500. The fourth-order valence-corrected chi connectivity index (χ4v) is 4.64. The van der Waals surface area contributed by atoms with Gasteiger partial charge in [0.25, 0.3) is 0 Å². The molecule has 0 aliphatic carbocycles. The van der Waals surface area contributed by atoms with Crippen molar-refractivity contribution in [2.75, 3.05) is 13.2 Å². The van der Waals surface area contributed by atoms with Crippen molar-refractivity contribution in [2.24, 2.45) is 0 Å². The number of ketones is 1. The minimum absolute atomic E-state index is 0.0656. The molecule has 0 amide bonds. The number of hydrogen-bond donors (Lipinski definition) is 0. The molecule has 5 nitrogen and oxygen atoms in total. The van der Waals surface area contributed by atoms with Crippen LogP contribution in [0.5, 0.6) is 0 Å². The first kappa shape index (κ1) is 17.9. The molecule has 2 unspecified atom stereocenters. The molecule has 1 aromatic carbocycles. The van der Waals surface area contributed by atoms with Crippen LogP contribution in [0.2, 0.25) is 10.0 Å². The van der Waals surface area contributed by atoms with E-state index < -0.39 is 19.5 Å². The summed E-state index contributed by atoms with van der Waals surface area (Å²) in [5, 5.41) is 0.887. The smallest absolute Gasteiger partial charge is 0.350 e. The lowest BCUT2D eigenvalue weighted by atomic mass is 10.1. The zero-order valence-corrected chi connectivity index (χ0v) is 14.7. The lowest BCUT2D eigenvalue weighted by Crippen LogP contribution is -2.19. The van der Waals surface area contributed by atoms with Gasteiger partial charge in [-0.3, -0.25) is 9.36 Å². The van der Waals surface area contributed by atoms with Gasteiger partial charge in [0.05, 0.1) is 19.3 Å². The molecule has 0 N–H and O–H groups in total. The number of carbonyl (C=O) groups excluding carboxylic acids is 1. The maximum Gasteiger partial charge on any atom is 0.366 e. The minimum atomic E-state index is -3.65. The zero-order chi connectivity index (χ0) is 16.3. The van der Waals surface area contributed by atoms with E-state index in [0.29, 0.717) is 15.6 Å². The van der Waals surface area contributed by atoms with Crippen molar-refractivity contribution in [3.8, 4) is 0 Å². The van der Waals surface area contributed by atoms with E-state index in [1.54, 1.807) is 32.0 Å². The van der Waals surface area contributed by atoms with Crippen LogP contribution in [0.1, 0.15) is 31.9 Å². The molecule has 2 atom stereocenters. The summed E-state index contributed by atoms with van der Waals surface area (Å²) in [7, 11) is -3.65. The van der Waals surface area contributed by atoms with Crippen LogP contribution in [-0.4, -0.2) is 24.8 Å². The van der Waals surface area contributed by atoms with Crippen LogP contribution in [0.15, 0.2) is 18.2 Å². The Hall–Kier alpha value is -0.420. The van der Waals surface area contributed by atoms with Crippen LogP contribution in [-0.2, 0) is 23.1 Å². The van der Waals surface area contributed by atoms with Gasteiger partial charge in [-0.2, -0.15) is 0 Å². The molecule has 1 saturated heterocycles. The second kappa shape index (κ2) is 7.43. The summed E-state index contributed by atoms with van der Waals surface area (Å²) in [6.45, 7) is 3.69. The molecule has 8 heteroatoms. The first-order valence-corrected chi connectivity index (χ1v) is 9.30. The number of hydrogen-bond acceptors (Lipinski definition) is 5. The highest BCUT2D eigenvalue weighted by Crippen LogP contribution is 2.58. The molecule has 0 radical (unpaired) electrons. The molecule has 22 heavy (non-hydrogen) atoms. The summed E-state index contributed by atoms with van der Waals surface area (Å²) in [5.41, 5.74) is 0.626. The number of carbonyl (C=O) groups is 1. The van der Waals surface area contributed by atoms with Crippen LogP contribution in [0.25, 0.3) is 0 Å². The molecular formula is C14H17Cl2O5P. The Morgan fingerprint density at radius 1 is 1.27 bits per heavy atom. The summed E-state index contributed by atoms with van der Waals surface area (Å²) >= 11 is 12.0. The van der Waals surface area contributed by atoms with E-state index in [1.807, 2.05) is 0 Å². The molecule has 1 heterocycles. The summed E-state index contributed by atoms with van der Waals surface area (Å²) in [6.07, 6.45) is -0.521.